The Bertz CT molecular complexity index is 784. The lowest BCUT2D eigenvalue weighted by atomic mass is 10.2. The smallest absolute Gasteiger partial charge is 0.328 e. The average Bonchev–Trinajstić information content (AvgIpc) is 2.52. The highest BCUT2D eigenvalue weighted by Gasteiger charge is 2.09. The Morgan fingerprint density at radius 2 is 2.04 bits per heavy atom. The summed E-state index contributed by atoms with van der Waals surface area (Å²) in [5, 5.41) is 3.21. The van der Waals surface area contributed by atoms with Gasteiger partial charge >= 0.3 is 5.69 Å². The molecular weight excluding hydrogens is 320 g/mol. The van der Waals surface area contributed by atoms with E-state index in [0.717, 1.165) is 0 Å². The molecule has 126 valence electrons. The molecule has 1 atom stereocenters. The molecule has 7 nitrogen and oxygen atoms in total. The molecule has 1 aromatic carbocycles. The number of nitrogens with zero attached hydrogens (tertiary/aromatic N) is 1. The normalized spacial score (nSPS) is 11.7. The number of para-hydroxylation sites is 1. The first kappa shape index (κ1) is 18.9. The molecule has 4 N–H and O–H groups in total. The van der Waals surface area contributed by atoms with Crippen molar-refractivity contribution in [3.63, 3.8) is 0 Å². The first-order valence-electron chi connectivity index (χ1n) is 7.21. The van der Waals surface area contributed by atoms with Crippen LogP contribution < -0.4 is 22.3 Å². The van der Waals surface area contributed by atoms with Crippen LogP contribution in [0.25, 0.3) is 10.9 Å². The van der Waals surface area contributed by atoms with Gasteiger partial charge < -0.3 is 11.1 Å². The number of amides is 1. The number of carbonyl (C=O) groups is 1. The Morgan fingerprint density at radius 1 is 1.35 bits per heavy atom. The summed E-state index contributed by atoms with van der Waals surface area (Å²) in [7, 11) is 0. The van der Waals surface area contributed by atoms with Crippen LogP contribution in [-0.2, 0) is 11.3 Å². The monoisotopic (exact) mass is 340 g/mol. The van der Waals surface area contributed by atoms with E-state index >= 15 is 0 Å². The number of rotatable bonds is 6. The fourth-order valence-corrected chi connectivity index (χ4v) is 2.14. The minimum atomic E-state index is -0.508. The third-order valence-corrected chi connectivity index (χ3v) is 3.52. The van der Waals surface area contributed by atoms with Crippen molar-refractivity contribution in [1.82, 2.24) is 14.9 Å². The summed E-state index contributed by atoms with van der Waals surface area (Å²) in [6, 6.07) is 6.82. The van der Waals surface area contributed by atoms with Crippen LogP contribution in [0.4, 0.5) is 0 Å². The van der Waals surface area contributed by atoms with Crippen LogP contribution in [0, 0.1) is 5.92 Å². The van der Waals surface area contributed by atoms with Crippen molar-refractivity contribution in [3.05, 3.63) is 45.1 Å². The summed E-state index contributed by atoms with van der Waals surface area (Å²) in [4.78, 5) is 37.8. The third kappa shape index (κ3) is 4.67. The molecule has 0 fully saturated rings. The molecule has 8 heteroatoms. The number of hydrogen-bond acceptors (Lipinski definition) is 4. The predicted octanol–water partition coefficient (Wildman–Crippen LogP) is 0.213. The second-order valence-corrected chi connectivity index (χ2v) is 5.32. The van der Waals surface area contributed by atoms with Gasteiger partial charge in [0, 0.05) is 19.5 Å². The van der Waals surface area contributed by atoms with E-state index in [-0.39, 0.29) is 37.2 Å². The molecule has 0 spiro atoms. The number of nitrogens with two attached hydrogens (primary N) is 1. The largest absolute Gasteiger partial charge is 0.356 e. The van der Waals surface area contributed by atoms with Crippen LogP contribution in [0.15, 0.2) is 33.9 Å². The van der Waals surface area contributed by atoms with Gasteiger partial charge in [-0.15, -0.1) is 12.4 Å². The zero-order valence-electron chi connectivity index (χ0n) is 12.9. The maximum atomic E-state index is 11.9. The van der Waals surface area contributed by atoms with Crippen LogP contribution in [0.3, 0.4) is 0 Å². The molecule has 0 bridgehead atoms. The van der Waals surface area contributed by atoms with E-state index in [1.165, 1.54) is 4.57 Å². The molecule has 1 amide bonds. The van der Waals surface area contributed by atoms with Crippen LogP contribution in [0.2, 0.25) is 0 Å². The van der Waals surface area contributed by atoms with Gasteiger partial charge in [-0.25, -0.2) is 4.79 Å². The van der Waals surface area contributed by atoms with Gasteiger partial charge in [0.1, 0.15) is 0 Å². The number of aromatic nitrogens is 2. The Labute approximate surface area is 139 Å². The van der Waals surface area contributed by atoms with Crippen molar-refractivity contribution in [2.75, 3.05) is 13.1 Å². The quantitative estimate of drug-likeness (QED) is 0.698. The molecule has 23 heavy (non-hydrogen) atoms. The first-order valence-corrected chi connectivity index (χ1v) is 7.21. The summed E-state index contributed by atoms with van der Waals surface area (Å²) in [5.41, 5.74) is 5.09. The zero-order valence-corrected chi connectivity index (χ0v) is 13.7. The SMILES string of the molecule is CC(CN)CNC(=O)CCn1c(=O)[nH]c(=O)c2ccccc21.Cl. The van der Waals surface area contributed by atoms with Gasteiger partial charge in [-0.3, -0.25) is 19.1 Å². The van der Waals surface area contributed by atoms with Gasteiger partial charge in [-0.05, 0) is 24.6 Å². The van der Waals surface area contributed by atoms with E-state index in [2.05, 4.69) is 10.3 Å². The fraction of sp³-hybridized carbons (Fsp3) is 0.400. The zero-order chi connectivity index (χ0) is 16.1. The highest BCUT2D eigenvalue weighted by molar-refractivity contribution is 5.85. The lowest BCUT2D eigenvalue weighted by Crippen LogP contribution is -2.34. The van der Waals surface area contributed by atoms with Crippen molar-refractivity contribution in [2.24, 2.45) is 11.7 Å². The van der Waals surface area contributed by atoms with E-state index < -0.39 is 11.2 Å². The second kappa shape index (κ2) is 8.50. The molecule has 0 radical (unpaired) electrons. The first-order chi connectivity index (χ1) is 10.5. The fourth-order valence-electron chi connectivity index (χ4n) is 2.14. The van der Waals surface area contributed by atoms with Crippen LogP contribution in [0.5, 0.6) is 0 Å². The summed E-state index contributed by atoms with van der Waals surface area (Å²) < 4.78 is 1.41. The van der Waals surface area contributed by atoms with Gasteiger partial charge in [0.2, 0.25) is 5.91 Å². The third-order valence-electron chi connectivity index (χ3n) is 3.52. The van der Waals surface area contributed by atoms with E-state index in [9.17, 15) is 14.4 Å². The molecule has 0 saturated carbocycles. The Hall–Kier alpha value is -2.12. The molecule has 1 unspecified atom stereocenters. The summed E-state index contributed by atoms with van der Waals surface area (Å²) >= 11 is 0. The maximum absolute atomic E-state index is 11.9. The van der Waals surface area contributed by atoms with Crippen molar-refractivity contribution >= 4 is 29.2 Å². The highest BCUT2D eigenvalue weighted by atomic mass is 35.5. The molecule has 0 saturated heterocycles. The number of hydrogen-bond donors (Lipinski definition) is 3. The minimum Gasteiger partial charge on any atom is -0.356 e. The van der Waals surface area contributed by atoms with Crippen LogP contribution in [-0.4, -0.2) is 28.5 Å². The molecule has 1 aromatic heterocycles. The molecule has 0 aliphatic heterocycles. The average molecular weight is 341 g/mol. The molecular formula is C15H21ClN4O3. The lowest BCUT2D eigenvalue weighted by Gasteiger charge is -2.11. The Kier molecular flexibility index (Phi) is 6.99. The minimum absolute atomic E-state index is 0. The second-order valence-electron chi connectivity index (χ2n) is 5.32. The van der Waals surface area contributed by atoms with E-state index in [0.29, 0.717) is 24.0 Å². The number of aryl methyl sites for hydroxylation is 1. The molecule has 2 rings (SSSR count). The van der Waals surface area contributed by atoms with Gasteiger partial charge in [0.15, 0.2) is 0 Å². The number of halogens is 1. The van der Waals surface area contributed by atoms with E-state index in [1.807, 2.05) is 6.92 Å². The van der Waals surface area contributed by atoms with E-state index in [4.69, 9.17) is 5.73 Å². The Morgan fingerprint density at radius 3 is 2.74 bits per heavy atom. The number of H-pyrrole nitrogens is 1. The topological polar surface area (TPSA) is 110 Å². The molecule has 0 aliphatic rings. The standard InChI is InChI=1S/C15H20N4O3.ClH/c1-10(8-16)9-17-13(20)6-7-19-12-5-3-2-4-11(12)14(21)18-15(19)22;/h2-5,10H,6-9,16H2,1H3,(H,17,20)(H,18,21,22);1H. The number of aromatic amines is 1. The van der Waals surface area contributed by atoms with Gasteiger partial charge in [-0.1, -0.05) is 19.1 Å². The molecule has 2 aromatic rings. The number of carbonyl (C=O) groups excluding carboxylic acids is 1. The van der Waals surface area contributed by atoms with E-state index in [1.54, 1.807) is 24.3 Å². The van der Waals surface area contributed by atoms with Gasteiger partial charge in [0.05, 0.1) is 10.9 Å². The Balaban J connectivity index is 0.00000264. The number of fused-ring (bicyclic) bond motifs is 1. The number of nitrogens with one attached hydrogen (secondary N) is 2. The summed E-state index contributed by atoms with van der Waals surface area (Å²) in [6.07, 6.45) is 0.160. The molecule has 0 aliphatic carbocycles. The van der Waals surface area contributed by atoms with Gasteiger partial charge in [-0.2, -0.15) is 0 Å². The van der Waals surface area contributed by atoms with Crippen molar-refractivity contribution in [2.45, 2.75) is 19.9 Å². The maximum Gasteiger partial charge on any atom is 0.328 e. The van der Waals surface area contributed by atoms with Gasteiger partial charge in [0.25, 0.3) is 5.56 Å². The highest BCUT2D eigenvalue weighted by Crippen LogP contribution is 2.07. The van der Waals surface area contributed by atoms with Crippen molar-refractivity contribution < 1.29 is 4.79 Å². The predicted molar refractivity (Wildman–Crippen MR) is 91.9 cm³/mol. The summed E-state index contributed by atoms with van der Waals surface area (Å²) in [5.74, 6) is 0.0584. The summed E-state index contributed by atoms with van der Waals surface area (Å²) in [6.45, 7) is 3.17. The lowest BCUT2D eigenvalue weighted by molar-refractivity contribution is -0.121. The van der Waals surface area contributed by atoms with Crippen molar-refractivity contribution in [3.8, 4) is 0 Å². The van der Waals surface area contributed by atoms with Crippen LogP contribution >= 0.6 is 12.4 Å². The van der Waals surface area contributed by atoms with Crippen LogP contribution in [0.1, 0.15) is 13.3 Å². The molecule has 1 heterocycles. The number of benzene rings is 1. The van der Waals surface area contributed by atoms with Crippen molar-refractivity contribution in [1.29, 1.82) is 0 Å².